The number of hydrogen-bond acceptors (Lipinski definition) is 8. The van der Waals surface area contributed by atoms with Gasteiger partial charge < -0.3 is 19.5 Å². The molecular formula is C43H54F3N5O3Si. The van der Waals surface area contributed by atoms with Gasteiger partial charge in [0.25, 0.3) is 0 Å². The highest BCUT2D eigenvalue weighted by molar-refractivity contribution is 6.90. The molecule has 1 N–H and O–H groups in total. The smallest absolute Gasteiger partial charge is 0.319 e. The summed E-state index contributed by atoms with van der Waals surface area (Å²) in [5.74, 6) is 2.51. The fourth-order valence-electron chi connectivity index (χ4n) is 9.87. The zero-order valence-electron chi connectivity index (χ0n) is 33.3. The maximum absolute atomic E-state index is 17.4. The van der Waals surface area contributed by atoms with Gasteiger partial charge >= 0.3 is 6.01 Å². The van der Waals surface area contributed by atoms with E-state index in [0.29, 0.717) is 71.3 Å². The number of rotatable bonds is 8. The Balaban J connectivity index is 1.42. The summed E-state index contributed by atoms with van der Waals surface area (Å²) in [6, 6.07) is 5.76. The minimum atomic E-state index is -2.28. The van der Waals surface area contributed by atoms with Crippen LogP contribution in [-0.4, -0.2) is 90.2 Å². The molecule has 0 radical (unpaired) electrons. The SMILES string of the molecule is CC1COCC(C)N(c2nc(OC[C@@]34CCCN3C[C@H](F)C4)nc3c(F)c(-c4cc(O)cc5ccc(F)c(C#C[Si](C(C)C)(C(C)C)C(C)C)c45)ncc23)C1. The molecule has 0 amide bonds. The van der Waals surface area contributed by atoms with Crippen molar-refractivity contribution in [2.75, 3.05) is 44.4 Å². The van der Waals surface area contributed by atoms with E-state index in [4.69, 9.17) is 14.5 Å². The second-order valence-electron chi connectivity index (χ2n) is 17.2. The van der Waals surface area contributed by atoms with Crippen LogP contribution in [0.4, 0.5) is 19.0 Å². The molecule has 5 heterocycles. The number of hydrogen-bond donors (Lipinski definition) is 1. The number of halogens is 3. The third-order valence-electron chi connectivity index (χ3n) is 12.5. The number of ether oxygens (including phenoxy) is 2. The van der Waals surface area contributed by atoms with Gasteiger partial charge in [0.05, 0.1) is 35.7 Å². The highest BCUT2D eigenvalue weighted by Gasteiger charge is 2.49. The minimum absolute atomic E-state index is 0.0113. The van der Waals surface area contributed by atoms with E-state index in [1.54, 1.807) is 12.3 Å². The molecule has 3 fully saturated rings. The van der Waals surface area contributed by atoms with Crippen molar-refractivity contribution in [2.24, 2.45) is 5.92 Å². The van der Waals surface area contributed by atoms with Gasteiger partial charge in [-0.1, -0.05) is 60.5 Å². The van der Waals surface area contributed by atoms with Crippen LogP contribution in [0, 0.1) is 29.0 Å². The number of pyridine rings is 1. The Kier molecular flexibility index (Phi) is 10.9. The number of anilines is 1. The van der Waals surface area contributed by atoms with E-state index in [2.05, 4.69) is 79.7 Å². The van der Waals surface area contributed by atoms with E-state index in [1.807, 2.05) is 6.92 Å². The maximum Gasteiger partial charge on any atom is 0.319 e. The summed E-state index contributed by atoms with van der Waals surface area (Å²) in [5.41, 5.74) is 4.36. The third kappa shape index (κ3) is 7.06. The lowest BCUT2D eigenvalue weighted by atomic mass is 9.95. The van der Waals surface area contributed by atoms with Gasteiger partial charge in [0.2, 0.25) is 0 Å². The number of phenols is 1. The molecule has 2 unspecified atom stereocenters. The molecule has 4 aromatic rings. The van der Waals surface area contributed by atoms with E-state index < -0.39 is 31.4 Å². The van der Waals surface area contributed by atoms with Gasteiger partial charge in [0, 0.05) is 36.7 Å². The molecule has 7 rings (SSSR count). The van der Waals surface area contributed by atoms with Gasteiger partial charge in [0.1, 0.15) is 49.4 Å². The Morgan fingerprint density at radius 1 is 1.04 bits per heavy atom. The van der Waals surface area contributed by atoms with Crippen molar-refractivity contribution in [1.29, 1.82) is 0 Å². The topological polar surface area (TPSA) is 83.8 Å². The van der Waals surface area contributed by atoms with E-state index in [9.17, 15) is 9.50 Å². The van der Waals surface area contributed by atoms with Crippen molar-refractivity contribution in [3.05, 3.63) is 47.7 Å². The van der Waals surface area contributed by atoms with E-state index >= 15 is 8.78 Å². The quantitative estimate of drug-likeness (QED) is 0.140. The van der Waals surface area contributed by atoms with Crippen molar-refractivity contribution >= 4 is 35.6 Å². The molecule has 0 aliphatic carbocycles. The number of alkyl halides is 1. The Hall–Kier alpha value is -3.92. The van der Waals surface area contributed by atoms with E-state index in [-0.39, 0.29) is 52.7 Å². The van der Waals surface area contributed by atoms with Gasteiger partial charge in [-0.15, -0.1) is 5.54 Å². The Bertz CT molecular complexity index is 2130. The number of nitrogens with zero attached hydrogens (tertiary/aromatic N) is 5. The largest absolute Gasteiger partial charge is 0.508 e. The van der Waals surface area contributed by atoms with Gasteiger partial charge in [-0.2, -0.15) is 9.97 Å². The normalized spacial score (nSPS) is 23.5. The lowest BCUT2D eigenvalue weighted by molar-refractivity contribution is 0.107. The first-order valence-corrected chi connectivity index (χ1v) is 22.1. The lowest BCUT2D eigenvalue weighted by Gasteiger charge is -2.38. The molecule has 294 valence electrons. The number of aromatic nitrogens is 3. The number of phenolic OH excluding ortho intramolecular Hbond substituents is 1. The van der Waals surface area contributed by atoms with Gasteiger partial charge in [0.15, 0.2) is 5.82 Å². The lowest BCUT2D eigenvalue weighted by Crippen LogP contribution is -2.43. The van der Waals surface area contributed by atoms with Crippen molar-refractivity contribution < 1.29 is 27.8 Å². The van der Waals surface area contributed by atoms with Crippen LogP contribution in [0.2, 0.25) is 16.6 Å². The molecule has 3 saturated heterocycles. The van der Waals surface area contributed by atoms with Crippen molar-refractivity contribution in [3.63, 3.8) is 0 Å². The molecule has 8 nitrogen and oxygen atoms in total. The zero-order chi connectivity index (χ0) is 39.4. The van der Waals surface area contributed by atoms with Crippen LogP contribution in [0.1, 0.15) is 80.2 Å². The van der Waals surface area contributed by atoms with E-state index in [1.165, 1.54) is 18.2 Å². The first-order valence-electron chi connectivity index (χ1n) is 19.9. The molecule has 3 aliphatic rings. The molecule has 2 aromatic heterocycles. The predicted octanol–water partition coefficient (Wildman–Crippen LogP) is 9.21. The van der Waals surface area contributed by atoms with Crippen LogP contribution in [0.15, 0.2) is 30.5 Å². The molecule has 3 aliphatic heterocycles. The standard InChI is InChI=1S/C43H54F3N5O3Si/c1-25(2)55(26(3)4,27(5)6)15-12-33-36(45)11-10-30-16-32(52)17-34(37(30)33)39-38(46)40-35(19-47-39)41(51-20-28(7)22-53-23-29(51)8)49-42(48-40)54-24-43-13-9-14-50(43)21-31(44)18-43/h10-11,16-17,19,25-29,31,52H,9,13-14,18,20-24H2,1-8H3/t28?,29?,31-,43+/m1/s1. The van der Waals surface area contributed by atoms with Gasteiger partial charge in [-0.25, -0.2) is 13.2 Å². The highest BCUT2D eigenvalue weighted by Crippen LogP contribution is 2.44. The van der Waals surface area contributed by atoms with Crippen LogP contribution in [0.3, 0.4) is 0 Å². The summed E-state index contributed by atoms with van der Waals surface area (Å²) in [4.78, 5) is 18.5. The molecule has 0 bridgehead atoms. The first kappa shape index (κ1) is 39.3. The summed E-state index contributed by atoms with van der Waals surface area (Å²) < 4.78 is 60.4. The predicted molar refractivity (Wildman–Crippen MR) is 215 cm³/mol. The van der Waals surface area contributed by atoms with Gasteiger partial charge in [-0.05, 0) is 72.4 Å². The fourth-order valence-corrected chi connectivity index (χ4v) is 15.1. The highest BCUT2D eigenvalue weighted by atomic mass is 28.3. The van der Waals surface area contributed by atoms with Crippen molar-refractivity contribution in [3.8, 4) is 34.5 Å². The zero-order valence-corrected chi connectivity index (χ0v) is 34.3. The molecule has 2 aromatic carbocycles. The van der Waals surface area contributed by atoms with Gasteiger partial charge in [-0.3, -0.25) is 9.88 Å². The van der Waals surface area contributed by atoms with Crippen LogP contribution in [-0.2, 0) is 4.74 Å². The maximum atomic E-state index is 17.4. The van der Waals surface area contributed by atoms with Crippen LogP contribution >= 0.6 is 0 Å². The summed E-state index contributed by atoms with van der Waals surface area (Å²) in [7, 11) is -2.28. The summed E-state index contributed by atoms with van der Waals surface area (Å²) in [6.07, 6.45) is 2.74. The molecular weight excluding hydrogens is 720 g/mol. The van der Waals surface area contributed by atoms with Crippen LogP contribution in [0.25, 0.3) is 32.9 Å². The monoisotopic (exact) mass is 773 g/mol. The van der Waals surface area contributed by atoms with Crippen molar-refractivity contribution in [2.45, 2.75) is 109 Å². The number of aromatic hydroxyl groups is 1. The molecule has 12 heteroatoms. The number of fused-ring (bicyclic) bond motifs is 3. The second-order valence-corrected chi connectivity index (χ2v) is 22.8. The molecule has 0 saturated carbocycles. The second kappa shape index (κ2) is 15.2. The first-order chi connectivity index (χ1) is 26.1. The average molecular weight is 774 g/mol. The minimum Gasteiger partial charge on any atom is -0.508 e. The average Bonchev–Trinajstić information content (AvgIpc) is 3.59. The number of benzene rings is 2. The van der Waals surface area contributed by atoms with E-state index in [0.717, 1.165) is 19.4 Å². The Morgan fingerprint density at radius 3 is 2.51 bits per heavy atom. The molecule has 55 heavy (non-hydrogen) atoms. The van der Waals surface area contributed by atoms with Crippen LogP contribution < -0.4 is 9.64 Å². The summed E-state index contributed by atoms with van der Waals surface area (Å²) in [6.45, 7) is 20.3. The van der Waals surface area contributed by atoms with Crippen LogP contribution in [0.5, 0.6) is 11.8 Å². The van der Waals surface area contributed by atoms with Crippen molar-refractivity contribution in [1.82, 2.24) is 19.9 Å². The molecule has 0 spiro atoms. The summed E-state index contributed by atoms with van der Waals surface area (Å²) >= 11 is 0. The fraction of sp³-hybridized carbons (Fsp3) is 0.558. The molecule has 4 atom stereocenters. The summed E-state index contributed by atoms with van der Waals surface area (Å²) in [5, 5.41) is 12.2. The Labute approximate surface area is 323 Å². The Morgan fingerprint density at radius 2 is 1.78 bits per heavy atom. The third-order valence-corrected chi connectivity index (χ3v) is 18.8.